The molecule has 0 unspecified atom stereocenters. The van der Waals surface area contributed by atoms with Gasteiger partial charge in [0, 0.05) is 24.1 Å². The lowest BCUT2D eigenvalue weighted by molar-refractivity contribution is -0.135. The predicted octanol–water partition coefficient (Wildman–Crippen LogP) is 2.52. The van der Waals surface area contributed by atoms with Gasteiger partial charge in [0.15, 0.2) is 0 Å². The zero-order valence-corrected chi connectivity index (χ0v) is 13.0. The van der Waals surface area contributed by atoms with E-state index in [-0.39, 0.29) is 29.2 Å². The van der Waals surface area contributed by atoms with E-state index in [9.17, 15) is 9.18 Å². The van der Waals surface area contributed by atoms with Gasteiger partial charge in [-0.25, -0.2) is 9.18 Å². The van der Waals surface area contributed by atoms with Gasteiger partial charge < -0.3 is 14.1 Å². The van der Waals surface area contributed by atoms with Gasteiger partial charge in [0.1, 0.15) is 5.82 Å². The summed E-state index contributed by atoms with van der Waals surface area (Å²) in [6.45, 7) is 2.97. The molecule has 2 amide bonds. The van der Waals surface area contributed by atoms with Gasteiger partial charge in [-0.2, -0.15) is 0 Å². The molecule has 1 aromatic heterocycles. The van der Waals surface area contributed by atoms with Crippen LogP contribution in [0.1, 0.15) is 12.8 Å². The first kappa shape index (κ1) is 15.1. The fraction of sp³-hybridized carbons (Fsp3) is 0.438. The van der Waals surface area contributed by atoms with E-state index in [0.29, 0.717) is 18.7 Å². The molecule has 1 aromatic carbocycles. The summed E-state index contributed by atoms with van der Waals surface area (Å²) in [5, 5.41) is 10.3. The Morgan fingerprint density at radius 3 is 2.50 bits per heavy atom. The summed E-state index contributed by atoms with van der Waals surface area (Å²) < 4.78 is 23.6. The quantitative estimate of drug-likeness (QED) is 0.914. The highest BCUT2D eigenvalue weighted by Crippen LogP contribution is 2.38. The third-order valence-corrected chi connectivity index (χ3v) is 4.66. The van der Waals surface area contributed by atoms with Crippen molar-refractivity contribution in [2.75, 3.05) is 31.6 Å². The van der Waals surface area contributed by atoms with Gasteiger partial charge >= 0.3 is 12.0 Å². The molecule has 2 aliphatic heterocycles. The number of piperidine rings is 1. The maximum Gasteiger partial charge on any atom is 0.325 e. The zero-order chi connectivity index (χ0) is 16.6. The number of aromatic nitrogens is 2. The lowest BCUT2D eigenvalue weighted by Gasteiger charge is -2.47. The van der Waals surface area contributed by atoms with E-state index < -0.39 is 0 Å². The van der Waals surface area contributed by atoms with Gasteiger partial charge in [0.2, 0.25) is 5.89 Å². The predicted molar refractivity (Wildman–Crippen MR) is 82.8 cm³/mol. The first-order valence-corrected chi connectivity index (χ1v) is 7.87. The summed E-state index contributed by atoms with van der Waals surface area (Å²) in [6, 6.07) is 5.49. The molecule has 3 heterocycles. The zero-order valence-electron chi connectivity index (χ0n) is 13.0. The number of ether oxygens (including phenoxy) is 1. The Morgan fingerprint density at radius 2 is 1.88 bits per heavy atom. The van der Waals surface area contributed by atoms with Crippen LogP contribution in [0.3, 0.4) is 0 Å². The van der Waals surface area contributed by atoms with Crippen molar-refractivity contribution in [3.05, 3.63) is 30.1 Å². The number of urea groups is 1. The van der Waals surface area contributed by atoms with Crippen LogP contribution in [0.15, 0.2) is 28.7 Å². The Morgan fingerprint density at radius 1 is 1.17 bits per heavy atom. The summed E-state index contributed by atoms with van der Waals surface area (Å²) in [5.41, 5.74) is 0.867. The molecule has 7 nitrogen and oxygen atoms in total. The Balaban J connectivity index is 1.37. The van der Waals surface area contributed by atoms with E-state index >= 15 is 0 Å². The van der Waals surface area contributed by atoms with Crippen molar-refractivity contribution in [3.8, 4) is 11.5 Å². The van der Waals surface area contributed by atoms with E-state index in [1.165, 1.54) is 12.1 Å². The maximum absolute atomic E-state index is 12.9. The van der Waals surface area contributed by atoms with E-state index in [0.717, 1.165) is 26.1 Å². The molecule has 4 rings (SSSR count). The number of rotatable bonds is 2. The van der Waals surface area contributed by atoms with Gasteiger partial charge in [-0.3, -0.25) is 5.32 Å². The number of nitrogens with one attached hydrogen (secondary N) is 1. The molecule has 24 heavy (non-hydrogen) atoms. The number of amides is 2. The van der Waals surface area contributed by atoms with Gasteiger partial charge in [-0.05, 0) is 37.1 Å². The summed E-state index contributed by atoms with van der Waals surface area (Å²) in [7, 11) is 0. The molecule has 0 saturated carbocycles. The van der Waals surface area contributed by atoms with E-state index in [2.05, 4.69) is 15.5 Å². The van der Waals surface area contributed by atoms with Crippen molar-refractivity contribution >= 4 is 12.0 Å². The second-order valence-electron chi connectivity index (χ2n) is 6.33. The Labute approximate surface area is 137 Å². The maximum atomic E-state index is 12.9. The summed E-state index contributed by atoms with van der Waals surface area (Å²) in [5.74, 6) is -0.110. The van der Waals surface area contributed by atoms with Gasteiger partial charge in [0.05, 0.1) is 13.2 Å². The molecule has 8 heteroatoms. The molecule has 0 radical (unpaired) electrons. The first-order valence-electron chi connectivity index (χ1n) is 7.87. The molecule has 126 valence electrons. The van der Waals surface area contributed by atoms with Crippen LogP contribution in [-0.4, -0.2) is 47.4 Å². The SMILES string of the molecule is O=C(Nc1nnc(-c2ccc(F)cc2)o1)N1CCC2(CC1)COC2. The Bertz CT molecular complexity index is 732. The summed E-state index contributed by atoms with van der Waals surface area (Å²) in [4.78, 5) is 14.0. The van der Waals surface area contributed by atoms with Crippen LogP contribution < -0.4 is 5.32 Å². The number of benzene rings is 1. The molecule has 0 aliphatic carbocycles. The smallest absolute Gasteiger partial charge is 0.325 e. The minimum atomic E-state index is -0.341. The van der Waals surface area contributed by atoms with Crippen molar-refractivity contribution in [2.45, 2.75) is 12.8 Å². The fourth-order valence-electron chi connectivity index (χ4n) is 3.02. The van der Waals surface area contributed by atoms with Gasteiger partial charge in [0.25, 0.3) is 0 Å². The van der Waals surface area contributed by atoms with Gasteiger partial charge in [-0.15, -0.1) is 5.10 Å². The molecule has 2 fully saturated rings. The molecular formula is C16H17FN4O3. The minimum Gasteiger partial charge on any atom is -0.403 e. The third kappa shape index (κ3) is 2.84. The highest BCUT2D eigenvalue weighted by molar-refractivity contribution is 5.87. The normalized spacial score (nSPS) is 19.1. The number of hydrogen-bond acceptors (Lipinski definition) is 5. The second kappa shape index (κ2) is 5.86. The van der Waals surface area contributed by atoms with Crippen LogP contribution >= 0.6 is 0 Å². The molecule has 1 N–H and O–H groups in total. The standard InChI is InChI=1S/C16H17FN4O3/c17-12-3-1-11(2-4-12)13-19-20-14(24-13)18-15(22)21-7-5-16(6-8-21)9-23-10-16/h1-4H,5-10H2,(H,18,20,22). The van der Waals surface area contributed by atoms with Crippen LogP contribution in [0.4, 0.5) is 15.2 Å². The Kier molecular flexibility index (Phi) is 3.68. The topological polar surface area (TPSA) is 80.5 Å². The third-order valence-electron chi connectivity index (χ3n) is 4.66. The van der Waals surface area contributed by atoms with Crippen molar-refractivity contribution in [2.24, 2.45) is 5.41 Å². The monoisotopic (exact) mass is 332 g/mol. The lowest BCUT2D eigenvalue weighted by atomic mass is 9.77. The van der Waals surface area contributed by atoms with Crippen molar-refractivity contribution in [1.82, 2.24) is 15.1 Å². The molecular weight excluding hydrogens is 315 g/mol. The molecule has 2 saturated heterocycles. The molecule has 2 aliphatic rings. The van der Waals surface area contributed by atoms with Crippen LogP contribution in [0.5, 0.6) is 0 Å². The summed E-state index contributed by atoms with van der Waals surface area (Å²) in [6.07, 6.45) is 1.90. The Hall–Kier alpha value is -2.48. The van der Waals surface area contributed by atoms with Crippen molar-refractivity contribution in [1.29, 1.82) is 0 Å². The number of carbonyl (C=O) groups is 1. The van der Waals surface area contributed by atoms with E-state index in [1.54, 1.807) is 17.0 Å². The number of likely N-dealkylation sites (tertiary alicyclic amines) is 1. The second-order valence-corrected chi connectivity index (χ2v) is 6.33. The molecule has 0 bridgehead atoms. The minimum absolute atomic E-state index is 0.0339. The number of carbonyl (C=O) groups excluding carboxylic acids is 1. The van der Waals surface area contributed by atoms with Crippen LogP contribution in [-0.2, 0) is 4.74 Å². The number of hydrogen-bond donors (Lipinski definition) is 1. The van der Waals surface area contributed by atoms with Crippen LogP contribution in [0, 0.1) is 11.2 Å². The van der Waals surface area contributed by atoms with E-state index in [4.69, 9.17) is 9.15 Å². The largest absolute Gasteiger partial charge is 0.403 e. The van der Waals surface area contributed by atoms with Crippen molar-refractivity contribution in [3.63, 3.8) is 0 Å². The number of anilines is 1. The fourth-order valence-corrected chi connectivity index (χ4v) is 3.02. The average molecular weight is 332 g/mol. The number of nitrogens with zero attached hydrogens (tertiary/aromatic N) is 3. The highest BCUT2D eigenvalue weighted by atomic mass is 19.1. The van der Waals surface area contributed by atoms with Crippen LogP contribution in [0.25, 0.3) is 11.5 Å². The number of halogens is 1. The lowest BCUT2D eigenvalue weighted by Crippen LogP contribution is -2.52. The van der Waals surface area contributed by atoms with Crippen LogP contribution in [0.2, 0.25) is 0 Å². The van der Waals surface area contributed by atoms with Gasteiger partial charge in [-0.1, -0.05) is 5.10 Å². The molecule has 2 aromatic rings. The van der Waals surface area contributed by atoms with E-state index in [1.807, 2.05) is 0 Å². The highest BCUT2D eigenvalue weighted by Gasteiger charge is 2.42. The summed E-state index contributed by atoms with van der Waals surface area (Å²) >= 11 is 0. The molecule has 1 spiro atoms. The first-order chi connectivity index (χ1) is 11.6. The average Bonchev–Trinajstić information content (AvgIpc) is 3.02. The molecule has 0 atom stereocenters. The van der Waals surface area contributed by atoms with Crippen molar-refractivity contribution < 1.29 is 18.3 Å².